The van der Waals surface area contributed by atoms with Gasteiger partial charge in [0, 0.05) is 5.30 Å². The number of hydrogen-bond donors (Lipinski definition) is 0. The number of unbranched alkanes of at least 4 members (excludes halogenated alkanes) is 1. The summed E-state index contributed by atoms with van der Waals surface area (Å²) in [5.41, 5.74) is 9.44. The maximum atomic E-state index is 6.47. The van der Waals surface area contributed by atoms with Gasteiger partial charge in [0.05, 0.1) is 0 Å². The SMILES string of the molecule is CCCC[P@]1c2c(cccc2-c2c3ccccc3c(-c3c(C)cc(C)cc3C)c3ccccc23)OC1C. The Bertz CT molecular complexity index is 1570. The summed E-state index contributed by atoms with van der Waals surface area (Å²) in [4.78, 5) is 0. The molecule has 37 heavy (non-hydrogen) atoms. The molecule has 0 aromatic heterocycles. The van der Waals surface area contributed by atoms with Crippen molar-refractivity contribution in [2.24, 2.45) is 0 Å². The summed E-state index contributed by atoms with van der Waals surface area (Å²) in [6.07, 6.45) is 3.70. The van der Waals surface area contributed by atoms with Gasteiger partial charge in [-0.1, -0.05) is 91.7 Å². The summed E-state index contributed by atoms with van der Waals surface area (Å²) >= 11 is 0. The lowest BCUT2D eigenvalue weighted by Gasteiger charge is -2.22. The van der Waals surface area contributed by atoms with E-state index < -0.39 is 0 Å². The largest absolute Gasteiger partial charge is 0.485 e. The third-order valence-electron chi connectivity index (χ3n) is 7.90. The van der Waals surface area contributed by atoms with Crippen molar-refractivity contribution in [1.82, 2.24) is 0 Å². The van der Waals surface area contributed by atoms with Gasteiger partial charge in [0.15, 0.2) is 0 Å². The fourth-order valence-corrected chi connectivity index (χ4v) is 9.18. The van der Waals surface area contributed by atoms with E-state index in [1.165, 1.54) is 84.8 Å². The number of benzene rings is 5. The Morgan fingerprint density at radius 3 is 1.84 bits per heavy atom. The van der Waals surface area contributed by atoms with Crippen molar-refractivity contribution in [3.05, 3.63) is 95.6 Å². The van der Waals surface area contributed by atoms with Gasteiger partial charge in [-0.25, -0.2) is 0 Å². The van der Waals surface area contributed by atoms with Gasteiger partial charge in [0.2, 0.25) is 0 Å². The summed E-state index contributed by atoms with van der Waals surface area (Å²) in [6.45, 7) is 11.3. The van der Waals surface area contributed by atoms with Crippen LogP contribution in [0.1, 0.15) is 43.4 Å². The maximum Gasteiger partial charge on any atom is 0.128 e. The minimum atomic E-state index is -0.371. The Hall–Kier alpha value is -3.15. The molecule has 186 valence electrons. The fraction of sp³-hybridized carbons (Fsp3) is 0.257. The third-order valence-corrected chi connectivity index (χ3v) is 10.7. The molecule has 0 amide bonds. The smallest absolute Gasteiger partial charge is 0.128 e. The first-order chi connectivity index (χ1) is 18.0. The number of fused-ring (bicyclic) bond motifs is 3. The van der Waals surface area contributed by atoms with Crippen LogP contribution in [0.4, 0.5) is 0 Å². The molecule has 1 unspecified atom stereocenters. The Balaban J connectivity index is 1.73. The molecule has 1 aliphatic rings. The number of aryl methyl sites for hydroxylation is 3. The Labute approximate surface area is 222 Å². The summed E-state index contributed by atoms with van der Waals surface area (Å²) in [5.74, 6) is 1.36. The zero-order valence-corrected chi connectivity index (χ0v) is 23.5. The minimum absolute atomic E-state index is 0.271. The van der Waals surface area contributed by atoms with E-state index in [1.54, 1.807) is 0 Å². The van der Waals surface area contributed by atoms with E-state index in [9.17, 15) is 0 Å². The van der Waals surface area contributed by atoms with Crippen molar-refractivity contribution < 1.29 is 4.74 Å². The molecule has 6 rings (SSSR count). The summed E-state index contributed by atoms with van der Waals surface area (Å²) in [7, 11) is -0.371. The van der Waals surface area contributed by atoms with Crippen molar-refractivity contribution >= 4 is 34.8 Å². The van der Waals surface area contributed by atoms with Gasteiger partial charge in [-0.3, -0.25) is 0 Å². The molecule has 0 bridgehead atoms. The normalized spacial score (nSPS) is 16.8. The van der Waals surface area contributed by atoms with Crippen LogP contribution in [0, 0.1) is 20.8 Å². The standard InChI is InChI=1S/C35H35OP/c1-6-7-19-37-25(5)36-31-18-12-17-30(35(31)37)33-26-13-8-10-15-28(26)34(29-16-11-9-14-27(29)33)32-23(3)20-22(2)21-24(32)4/h8-18,20-21,25H,6-7,19H2,1-5H3/t25?,37-/m0/s1. The average Bonchev–Trinajstić information content (AvgIpc) is 3.21. The maximum absolute atomic E-state index is 6.47. The molecule has 0 spiro atoms. The van der Waals surface area contributed by atoms with E-state index in [0.717, 1.165) is 5.75 Å². The second kappa shape index (κ2) is 9.62. The van der Waals surface area contributed by atoms with Gasteiger partial charge in [-0.15, -0.1) is 0 Å². The number of ether oxygens (including phenoxy) is 1. The van der Waals surface area contributed by atoms with E-state index in [0.29, 0.717) is 0 Å². The molecule has 1 nitrogen and oxygen atoms in total. The zero-order valence-electron chi connectivity index (χ0n) is 22.6. The highest BCUT2D eigenvalue weighted by Crippen LogP contribution is 2.54. The molecule has 5 aromatic rings. The van der Waals surface area contributed by atoms with Crippen LogP contribution in [-0.2, 0) is 0 Å². The molecule has 0 N–H and O–H groups in total. The highest BCUT2D eigenvalue weighted by Gasteiger charge is 2.34. The van der Waals surface area contributed by atoms with Crippen LogP contribution in [0.3, 0.4) is 0 Å². The van der Waals surface area contributed by atoms with Crippen molar-refractivity contribution in [2.75, 3.05) is 6.16 Å². The molecule has 0 radical (unpaired) electrons. The molecule has 1 aliphatic heterocycles. The molecular weight excluding hydrogens is 467 g/mol. The molecule has 1 heterocycles. The van der Waals surface area contributed by atoms with Crippen molar-refractivity contribution in [1.29, 1.82) is 0 Å². The van der Waals surface area contributed by atoms with E-state index in [2.05, 4.69) is 113 Å². The minimum Gasteiger partial charge on any atom is -0.485 e. The van der Waals surface area contributed by atoms with Gasteiger partial charge in [0.25, 0.3) is 0 Å². The van der Waals surface area contributed by atoms with Gasteiger partial charge in [-0.05, 0) is 109 Å². The van der Waals surface area contributed by atoms with Gasteiger partial charge in [-0.2, -0.15) is 0 Å². The molecule has 2 heteroatoms. The molecule has 0 aliphatic carbocycles. The van der Waals surface area contributed by atoms with Crippen LogP contribution in [0.25, 0.3) is 43.8 Å². The lowest BCUT2D eigenvalue weighted by Crippen LogP contribution is -2.09. The third kappa shape index (κ3) is 3.96. The lowest BCUT2D eigenvalue weighted by atomic mass is 9.83. The predicted octanol–water partition coefficient (Wildman–Crippen LogP) is 9.90. The van der Waals surface area contributed by atoms with Crippen LogP contribution in [-0.4, -0.2) is 12.0 Å². The molecular formula is C35H35OP. The van der Waals surface area contributed by atoms with Crippen LogP contribution in [0.15, 0.2) is 78.9 Å². The highest BCUT2D eigenvalue weighted by atomic mass is 31.1. The second-order valence-corrected chi connectivity index (χ2v) is 13.1. The van der Waals surface area contributed by atoms with Gasteiger partial charge in [0.1, 0.15) is 11.6 Å². The monoisotopic (exact) mass is 502 g/mol. The fourth-order valence-electron chi connectivity index (χ4n) is 6.43. The summed E-state index contributed by atoms with van der Waals surface area (Å²) < 4.78 is 6.47. The summed E-state index contributed by atoms with van der Waals surface area (Å²) in [6, 6.07) is 29.4. The zero-order chi connectivity index (χ0) is 25.7. The lowest BCUT2D eigenvalue weighted by molar-refractivity contribution is 0.315. The number of hydrogen-bond acceptors (Lipinski definition) is 1. The highest BCUT2D eigenvalue weighted by molar-refractivity contribution is 7.67. The van der Waals surface area contributed by atoms with Crippen LogP contribution in [0.5, 0.6) is 5.75 Å². The van der Waals surface area contributed by atoms with Crippen molar-refractivity contribution in [3.8, 4) is 28.0 Å². The predicted molar refractivity (Wildman–Crippen MR) is 163 cm³/mol. The topological polar surface area (TPSA) is 9.23 Å². The first kappa shape index (κ1) is 24.2. The second-order valence-electron chi connectivity index (χ2n) is 10.5. The molecule has 0 saturated carbocycles. The average molecular weight is 503 g/mol. The molecule has 0 fully saturated rings. The van der Waals surface area contributed by atoms with Crippen LogP contribution >= 0.6 is 7.92 Å². The van der Waals surface area contributed by atoms with Gasteiger partial charge < -0.3 is 4.74 Å². The molecule has 5 aromatic carbocycles. The van der Waals surface area contributed by atoms with E-state index >= 15 is 0 Å². The van der Waals surface area contributed by atoms with E-state index in [-0.39, 0.29) is 13.8 Å². The van der Waals surface area contributed by atoms with E-state index in [1.807, 2.05) is 0 Å². The van der Waals surface area contributed by atoms with Crippen LogP contribution in [0.2, 0.25) is 0 Å². The molecule has 2 atom stereocenters. The first-order valence-electron chi connectivity index (χ1n) is 13.6. The summed E-state index contributed by atoms with van der Waals surface area (Å²) in [5, 5.41) is 6.77. The Morgan fingerprint density at radius 2 is 1.27 bits per heavy atom. The first-order valence-corrected chi connectivity index (χ1v) is 15.2. The van der Waals surface area contributed by atoms with Crippen molar-refractivity contribution in [2.45, 2.75) is 53.3 Å². The number of rotatable bonds is 5. The van der Waals surface area contributed by atoms with Crippen molar-refractivity contribution in [3.63, 3.8) is 0 Å². The Morgan fingerprint density at radius 1 is 0.703 bits per heavy atom. The van der Waals surface area contributed by atoms with Crippen LogP contribution < -0.4 is 10.0 Å². The van der Waals surface area contributed by atoms with E-state index in [4.69, 9.17) is 4.74 Å². The van der Waals surface area contributed by atoms with Gasteiger partial charge >= 0.3 is 0 Å². The molecule has 0 saturated heterocycles. The quantitative estimate of drug-likeness (QED) is 0.172. The Kier molecular flexibility index (Phi) is 6.29.